The predicted octanol–water partition coefficient (Wildman–Crippen LogP) is 0.756. The molecule has 1 aromatic carbocycles. The minimum Gasteiger partial charge on any atom is -0.357 e. The maximum absolute atomic E-state index is 13.2. The molecule has 1 aliphatic heterocycles. The van der Waals surface area contributed by atoms with Gasteiger partial charge in [0.25, 0.3) is 5.56 Å². The summed E-state index contributed by atoms with van der Waals surface area (Å²) in [5.74, 6) is -0.188. The largest absolute Gasteiger partial charge is 0.357 e. The molecule has 1 aliphatic rings. The van der Waals surface area contributed by atoms with Crippen molar-refractivity contribution in [1.82, 2.24) is 14.5 Å². The van der Waals surface area contributed by atoms with Gasteiger partial charge in [0.05, 0.1) is 5.92 Å². The SMILES string of the molecule is Cn1c(N2CCC[C@H](C(=O)NCc3cccc(F)c3)C2)cc(=O)n(C)c1=O. The number of carbonyl (C=O) groups excluding carboxylic acids is 1. The molecule has 0 bridgehead atoms. The molecule has 1 atom stereocenters. The summed E-state index contributed by atoms with van der Waals surface area (Å²) in [4.78, 5) is 38.6. The van der Waals surface area contributed by atoms with E-state index in [0.717, 1.165) is 17.4 Å². The third kappa shape index (κ3) is 4.10. The monoisotopic (exact) mass is 374 g/mol. The number of benzene rings is 1. The molecule has 1 amide bonds. The van der Waals surface area contributed by atoms with Crippen LogP contribution in [0.5, 0.6) is 0 Å². The average molecular weight is 374 g/mol. The molecule has 1 saturated heterocycles. The van der Waals surface area contributed by atoms with Gasteiger partial charge >= 0.3 is 5.69 Å². The van der Waals surface area contributed by atoms with Crippen LogP contribution in [0.25, 0.3) is 0 Å². The fourth-order valence-corrected chi connectivity index (χ4v) is 3.40. The molecule has 2 aromatic rings. The van der Waals surface area contributed by atoms with E-state index in [1.807, 2.05) is 4.90 Å². The Hall–Kier alpha value is -2.90. The number of rotatable bonds is 4. The minimum atomic E-state index is -0.393. The molecule has 1 aromatic heterocycles. The van der Waals surface area contributed by atoms with Crippen molar-refractivity contribution < 1.29 is 9.18 Å². The zero-order valence-corrected chi connectivity index (χ0v) is 15.4. The van der Waals surface area contributed by atoms with Gasteiger partial charge in [0.15, 0.2) is 0 Å². The lowest BCUT2D eigenvalue weighted by atomic mass is 9.97. The van der Waals surface area contributed by atoms with Gasteiger partial charge in [-0.25, -0.2) is 9.18 Å². The molecule has 1 fully saturated rings. The van der Waals surface area contributed by atoms with Crippen molar-refractivity contribution in [2.45, 2.75) is 19.4 Å². The highest BCUT2D eigenvalue weighted by Gasteiger charge is 2.27. The Kier molecular flexibility index (Phi) is 5.43. The quantitative estimate of drug-likeness (QED) is 0.857. The molecule has 0 unspecified atom stereocenters. The van der Waals surface area contributed by atoms with Crippen LogP contribution in [0.3, 0.4) is 0 Å². The third-order valence-corrected chi connectivity index (χ3v) is 4.97. The number of aromatic nitrogens is 2. The van der Waals surface area contributed by atoms with Crippen LogP contribution in [0.1, 0.15) is 18.4 Å². The Bertz CT molecular complexity index is 966. The van der Waals surface area contributed by atoms with Crippen LogP contribution in [-0.4, -0.2) is 28.1 Å². The van der Waals surface area contributed by atoms with E-state index in [1.165, 1.54) is 29.8 Å². The third-order valence-electron chi connectivity index (χ3n) is 4.97. The molecular weight excluding hydrogens is 351 g/mol. The van der Waals surface area contributed by atoms with Crippen molar-refractivity contribution in [3.05, 3.63) is 62.6 Å². The van der Waals surface area contributed by atoms with Gasteiger partial charge in [0, 0.05) is 39.8 Å². The van der Waals surface area contributed by atoms with E-state index in [2.05, 4.69) is 5.32 Å². The summed E-state index contributed by atoms with van der Waals surface area (Å²) in [6.45, 7) is 1.36. The molecule has 1 N–H and O–H groups in total. The van der Waals surface area contributed by atoms with Gasteiger partial charge in [-0.1, -0.05) is 12.1 Å². The van der Waals surface area contributed by atoms with E-state index >= 15 is 0 Å². The number of hydrogen-bond donors (Lipinski definition) is 1. The Labute approximate surface area is 156 Å². The highest BCUT2D eigenvalue weighted by atomic mass is 19.1. The van der Waals surface area contributed by atoms with E-state index in [9.17, 15) is 18.8 Å². The number of piperidine rings is 1. The summed E-state index contributed by atoms with van der Waals surface area (Å²) in [7, 11) is 3.05. The first-order chi connectivity index (χ1) is 12.9. The summed E-state index contributed by atoms with van der Waals surface area (Å²) < 4.78 is 15.7. The van der Waals surface area contributed by atoms with Gasteiger partial charge < -0.3 is 10.2 Å². The highest BCUT2D eigenvalue weighted by molar-refractivity contribution is 5.79. The second-order valence-corrected chi connectivity index (χ2v) is 6.87. The standard InChI is InChI=1S/C19H23FN4O3/c1-22-16(10-17(25)23(2)19(22)27)24-8-4-6-14(12-24)18(26)21-11-13-5-3-7-15(20)9-13/h3,5,7,9-10,14H,4,6,8,11-12H2,1-2H3,(H,21,26)/t14-/m0/s1. The van der Waals surface area contributed by atoms with Crippen LogP contribution >= 0.6 is 0 Å². The normalized spacial score (nSPS) is 17.0. The van der Waals surface area contributed by atoms with Crippen molar-refractivity contribution in [3.8, 4) is 0 Å². The summed E-state index contributed by atoms with van der Waals surface area (Å²) in [5.41, 5.74) is -0.0640. The van der Waals surface area contributed by atoms with Gasteiger partial charge in [-0.3, -0.25) is 18.7 Å². The topological polar surface area (TPSA) is 76.3 Å². The molecule has 8 heteroatoms. The molecule has 0 spiro atoms. The lowest BCUT2D eigenvalue weighted by molar-refractivity contribution is -0.125. The summed E-state index contributed by atoms with van der Waals surface area (Å²) in [6, 6.07) is 7.54. The molecule has 7 nitrogen and oxygen atoms in total. The molecule has 0 saturated carbocycles. The Morgan fingerprint density at radius 1 is 1.22 bits per heavy atom. The first kappa shape index (κ1) is 18.9. The number of nitrogens with one attached hydrogen (secondary N) is 1. The Balaban J connectivity index is 1.70. The summed E-state index contributed by atoms with van der Waals surface area (Å²) in [6.07, 6.45) is 1.51. The van der Waals surface area contributed by atoms with Gasteiger partial charge in [0.1, 0.15) is 11.6 Å². The van der Waals surface area contributed by atoms with Crippen molar-refractivity contribution in [2.24, 2.45) is 20.0 Å². The van der Waals surface area contributed by atoms with Gasteiger partial charge in [-0.2, -0.15) is 0 Å². The maximum atomic E-state index is 13.2. The molecule has 144 valence electrons. The van der Waals surface area contributed by atoms with Crippen LogP contribution in [0, 0.1) is 11.7 Å². The van der Waals surface area contributed by atoms with E-state index in [-0.39, 0.29) is 29.7 Å². The number of anilines is 1. The highest BCUT2D eigenvalue weighted by Crippen LogP contribution is 2.21. The second kappa shape index (κ2) is 7.77. The average Bonchev–Trinajstić information content (AvgIpc) is 2.67. The van der Waals surface area contributed by atoms with Crippen LogP contribution in [0.4, 0.5) is 10.2 Å². The minimum absolute atomic E-state index is 0.113. The lowest BCUT2D eigenvalue weighted by Gasteiger charge is -2.34. The predicted molar refractivity (Wildman–Crippen MR) is 100 cm³/mol. The molecule has 2 heterocycles. The van der Waals surface area contributed by atoms with E-state index in [4.69, 9.17) is 0 Å². The molecular formula is C19H23FN4O3. The fourth-order valence-electron chi connectivity index (χ4n) is 3.40. The zero-order chi connectivity index (χ0) is 19.6. The van der Waals surface area contributed by atoms with E-state index in [1.54, 1.807) is 19.2 Å². The number of carbonyl (C=O) groups is 1. The summed E-state index contributed by atoms with van der Waals surface area (Å²) >= 11 is 0. The van der Waals surface area contributed by atoms with Crippen LogP contribution in [-0.2, 0) is 25.4 Å². The first-order valence-corrected chi connectivity index (χ1v) is 8.91. The Morgan fingerprint density at radius 2 is 2.00 bits per heavy atom. The molecule has 0 aliphatic carbocycles. The van der Waals surface area contributed by atoms with Gasteiger partial charge in [0.2, 0.25) is 5.91 Å². The fraction of sp³-hybridized carbons (Fsp3) is 0.421. The van der Waals surface area contributed by atoms with Crippen molar-refractivity contribution >= 4 is 11.7 Å². The van der Waals surface area contributed by atoms with E-state index in [0.29, 0.717) is 24.5 Å². The molecule has 0 radical (unpaired) electrons. The van der Waals surface area contributed by atoms with Crippen molar-refractivity contribution in [1.29, 1.82) is 0 Å². The van der Waals surface area contributed by atoms with Gasteiger partial charge in [-0.15, -0.1) is 0 Å². The van der Waals surface area contributed by atoms with Crippen molar-refractivity contribution in [2.75, 3.05) is 18.0 Å². The number of hydrogen-bond acceptors (Lipinski definition) is 4. The lowest BCUT2D eigenvalue weighted by Crippen LogP contribution is -2.46. The zero-order valence-electron chi connectivity index (χ0n) is 15.4. The van der Waals surface area contributed by atoms with Gasteiger partial charge in [-0.05, 0) is 30.5 Å². The second-order valence-electron chi connectivity index (χ2n) is 6.87. The van der Waals surface area contributed by atoms with Crippen molar-refractivity contribution in [3.63, 3.8) is 0 Å². The maximum Gasteiger partial charge on any atom is 0.332 e. The smallest absolute Gasteiger partial charge is 0.332 e. The number of amides is 1. The summed E-state index contributed by atoms with van der Waals surface area (Å²) in [5, 5.41) is 2.85. The van der Waals surface area contributed by atoms with Crippen LogP contribution in [0.15, 0.2) is 39.9 Å². The number of nitrogens with zero attached hydrogens (tertiary/aromatic N) is 3. The Morgan fingerprint density at radius 3 is 2.74 bits per heavy atom. The molecule has 27 heavy (non-hydrogen) atoms. The van der Waals surface area contributed by atoms with E-state index < -0.39 is 5.69 Å². The molecule has 3 rings (SSSR count). The van der Waals surface area contributed by atoms with Crippen LogP contribution < -0.4 is 21.5 Å². The number of halogens is 1. The first-order valence-electron chi connectivity index (χ1n) is 8.91. The van der Waals surface area contributed by atoms with Crippen LogP contribution in [0.2, 0.25) is 0 Å².